The summed E-state index contributed by atoms with van der Waals surface area (Å²) in [7, 11) is 0. The fourth-order valence-electron chi connectivity index (χ4n) is 4.15. The van der Waals surface area contributed by atoms with Gasteiger partial charge in [-0.2, -0.15) is 0 Å². The minimum Gasteiger partial charge on any atom is -0.507 e. The average molecular weight is 532 g/mol. The lowest BCUT2D eigenvalue weighted by atomic mass is 9.94. The normalized spacial score (nSPS) is 17.2. The van der Waals surface area contributed by atoms with E-state index in [0.717, 1.165) is 22.6 Å². The molecule has 3 aromatic carbocycles. The standard InChI is InChI=1S/C27H21ClF3NO5/c1-3-36-19-11-12-21(28)20(14-19)24(33)22-23(16-6-4-5-15(2)13-16)32(26(35)25(22)34)17-7-9-18(10-8-17)37-27(29,30)31/h4-14,23,33H,3H2,1-2H3/b24-22+. The number of carbonyl (C=O) groups is 2. The summed E-state index contributed by atoms with van der Waals surface area (Å²) in [5.74, 6) is -2.53. The molecule has 192 valence electrons. The van der Waals surface area contributed by atoms with Crippen molar-refractivity contribution in [1.29, 1.82) is 0 Å². The van der Waals surface area contributed by atoms with Crippen molar-refractivity contribution < 1.29 is 37.3 Å². The highest BCUT2D eigenvalue weighted by atomic mass is 35.5. The molecule has 1 aliphatic rings. The number of rotatable bonds is 6. The van der Waals surface area contributed by atoms with Gasteiger partial charge >= 0.3 is 6.36 Å². The molecule has 1 amide bonds. The molecule has 0 spiro atoms. The van der Waals surface area contributed by atoms with E-state index in [-0.39, 0.29) is 21.8 Å². The number of anilines is 1. The molecule has 1 aliphatic heterocycles. The molecule has 6 nitrogen and oxygen atoms in total. The van der Waals surface area contributed by atoms with Crippen LogP contribution in [0.3, 0.4) is 0 Å². The number of benzene rings is 3. The van der Waals surface area contributed by atoms with Crippen LogP contribution in [0, 0.1) is 6.92 Å². The van der Waals surface area contributed by atoms with Crippen LogP contribution in [0.4, 0.5) is 18.9 Å². The predicted octanol–water partition coefficient (Wildman–Crippen LogP) is 6.57. The molecule has 0 radical (unpaired) electrons. The fourth-order valence-corrected chi connectivity index (χ4v) is 4.36. The number of carbonyl (C=O) groups excluding carboxylic acids is 2. The highest BCUT2D eigenvalue weighted by Gasteiger charge is 2.47. The van der Waals surface area contributed by atoms with Gasteiger partial charge in [0.1, 0.15) is 17.3 Å². The van der Waals surface area contributed by atoms with Crippen molar-refractivity contribution in [3.63, 3.8) is 0 Å². The van der Waals surface area contributed by atoms with Gasteiger partial charge < -0.3 is 14.6 Å². The van der Waals surface area contributed by atoms with Crippen molar-refractivity contribution in [3.8, 4) is 11.5 Å². The summed E-state index contributed by atoms with van der Waals surface area (Å²) in [5, 5.41) is 11.4. The molecule has 1 heterocycles. The van der Waals surface area contributed by atoms with Crippen LogP contribution in [0.1, 0.15) is 29.7 Å². The van der Waals surface area contributed by atoms with E-state index in [1.807, 2.05) is 13.0 Å². The third-order valence-corrected chi connectivity index (χ3v) is 5.98. The van der Waals surface area contributed by atoms with Crippen LogP contribution in [0.15, 0.2) is 72.3 Å². The third kappa shape index (κ3) is 5.41. The Labute approximate surface area is 215 Å². The number of alkyl halides is 3. The summed E-state index contributed by atoms with van der Waals surface area (Å²) in [5.41, 5.74) is 1.34. The number of hydrogen-bond acceptors (Lipinski definition) is 5. The first-order valence-electron chi connectivity index (χ1n) is 11.2. The number of aliphatic hydroxyl groups is 1. The SMILES string of the molecule is CCOc1ccc(Cl)c(/C(O)=C2\C(=O)C(=O)N(c3ccc(OC(F)(F)F)cc3)C2c2cccc(C)c2)c1. The molecule has 1 atom stereocenters. The maximum Gasteiger partial charge on any atom is 0.573 e. The van der Waals surface area contributed by atoms with Crippen molar-refractivity contribution in [2.24, 2.45) is 0 Å². The van der Waals surface area contributed by atoms with Crippen LogP contribution in [0.2, 0.25) is 5.02 Å². The topological polar surface area (TPSA) is 76.1 Å². The number of aryl methyl sites for hydroxylation is 1. The molecule has 0 saturated carbocycles. The van der Waals surface area contributed by atoms with Crippen molar-refractivity contribution in [2.45, 2.75) is 26.3 Å². The summed E-state index contributed by atoms with van der Waals surface area (Å²) in [6.45, 7) is 3.95. The van der Waals surface area contributed by atoms with Gasteiger partial charge in [-0.15, -0.1) is 13.2 Å². The van der Waals surface area contributed by atoms with Crippen LogP contribution in [-0.4, -0.2) is 29.8 Å². The minimum absolute atomic E-state index is 0.0946. The lowest BCUT2D eigenvalue weighted by molar-refractivity contribution is -0.274. The van der Waals surface area contributed by atoms with Gasteiger partial charge in [0.15, 0.2) is 0 Å². The number of halogens is 4. The van der Waals surface area contributed by atoms with E-state index in [1.54, 1.807) is 31.2 Å². The van der Waals surface area contributed by atoms with Gasteiger partial charge in [0.2, 0.25) is 0 Å². The quantitative estimate of drug-likeness (QED) is 0.221. The highest BCUT2D eigenvalue weighted by molar-refractivity contribution is 6.52. The van der Waals surface area contributed by atoms with Gasteiger partial charge in [-0.3, -0.25) is 14.5 Å². The molecule has 1 fully saturated rings. The molecule has 0 aromatic heterocycles. The van der Waals surface area contributed by atoms with E-state index in [0.29, 0.717) is 17.9 Å². The maximum atomic E-state index is 13.3. The minimum atomic E-state index is -4.89. The lowest BCUT2D eigenvalue weighted by Gasteiger charge is -2.26. The number of ether oxygens (including phenoxy) is 2. The molecule has 37 heavy (non-hydrogen) atoms. The number of Topliss-reactive ketones (excluding diaryl/α,β-unsaturated/α-hetero) is 1. The van der Waals surface area contributed by atoms with Crippen molar-refractivity contribution >= 4 is 34.7 Å². The Hall–Kier alpha value is -3.98. The summed E-state index contributed by atoms with van der Waals surface area (Å²) < 4.78 is 47.2. The zero-order valence-corrected chi connectivity index (χ0v) is 20.4. The Kier molecular flexibility index (Phi) is 7.18. The largest absolute Gasteiger partial charge is 0.573 e. The number of aliphatic hydroxyl groups excluding tert-OH is 1. The number of ketones is 1. The molecule has 1 unspecified atom stereocenters. The molecule has 0 bridgehead atoms. The monoisotopic (exact) mass is 531 g/mol. The van der Waals surface area contributed by atoms with Crippen LogP contribution in [0.25, 0.3) is 5.76 Å². The summed E-state index contributed by atoms with van der Waals surface area (Å²) in [6.07, 6.45) is -4.89. The number of amides is 1. The Morgan fingerprint density at radius 3 is 2.32 bits per heavy atom. The van der Waals surface area contributed by atoms with Gasteiger partial charge in [-0.05, 0) is 61.9 Å². The Morgan fingerprint density at radius 1 is 1.03 bits per heavy atom. The Morgan fingerprint density at radius 2 is 1.70 bits per heavy atom. The van der Waals surface area contributed by atoms with E-state index in [9.17, 15) is 27.9 Å². The van der Waals surface area contributed by atoms with Crippen molar-refractivity contribution in [2.75, 3.05) is 11.5 Å². The molecule has 4 rings (SSSR count). The first kappa shape index (κ1) is 26.1. The van der Waals surface area contributed by atoms with Crippen molar-refractivity contribution in [1.82, 2.24) is 0 Å². The van der Waals surface area contributed by atoms with Crippen LogP contribution < -0.4 is 14.4 Å². The zero-order chi connectivity index (χ0) is 26.9. The summed E-state index contributed by atoms with van der Waals surface area (Å²) in [4.78, 5) is 27.7. The van der Waals surface area contributed by atoms with E-state index in [4.69, 9.17) is 16.3 Å². The van der Waals surface area contributed by atoms with Gasteiger partial charge in [0.05, 0.1) is 23.2 Å². The zero-order valence-electron chi connectivity index (χ0n) is 19.7. The first-order valence-corrected chi connectivity index (χ1v) is 11.5. The number of hydrogen-bond donors (Lipinski definition) is 1. The second-order valence-electron chi connectivity index (χ2n) is 8.20. The van der Waals surface area contributed by atoms with Gasteiger partial charge in [-0.1, -0.05) is 41.4 Å². The maximum absolute atomic E-state index is 13.3. The molecule has 1 N–H and O–H groups in total. The molecule has 10 heteroatoms. The van der Waals surface area contributed by atoms with Gasteiger partial charge in [-0.25, -0.2) is 0 Å². The second kappa shape index (κ2) is 10.2. The summed E-state index contributed by atoms with van der Waals surface area (Å²) in [6, 6.07) is 15.0. The predicted molar refractivity (Wildman–Crippen MR) is 132 cm³/mol. The van der Waals surface area contributed by atoms with Gasteiger partial charge in [0, 0.05) is 11.3 Å². The van der Waals surface area contributed by atoms with Crippen molar-refractivity contribution in [3.05, 3.63) is 94.0 Å². The molecular weight excluding hydrogens is 511 g/mol. The van der Waals surface area contributed by atoms with E-state index >= 15 is 0 Å². The highest BCUT2D eigenvalue weighted by Crippen LogP contribution is 2.44. The molecule has 1 saturated heterocycles. The van der Waals surface area contributed by atoms with E-state index < -0.39 is 35.6 Å². The molecule has 0 aliphatic carbocycles. The third-order valence-electron chi connectivity index (χ3n) is 5.65. The Bertz CT molecular complexity index is 1390. The smallest absolute Gasteiger partial charge is 0.507 e. The number of nitrogens with zero attached hydrogens (tertiary/aromatic N) is 1. The van der Waals surface area contributed by atoms with Gasteiger partial charge in [0.25, 0.3) is 11.7 Å². The van der Waals surface area contributed by atoms with E-state index in [1.165, 1.54) is 24.3 Å². The van der Waals surface area contributed by atoms with Crippen LogP contribution in [-0.2, 0) is 9.59 Å². The molecule has 3 aromatic rings. The fraction of sp³-hybridized carbons (Fsp3) is 0.185. The lowest BCUT2D eigenvalue weighted by Crippen LogP contribution is -2.29. The second-order valence-corrected chi connectivity index (χ2v) is 8.61. The first-order chi connectivity index (χ1) is 17.5. The van der Waals surface area contributed by atoms with Crippen LogP contribution >= 0.6 is 11.6 Å². The average Bonchev–Trinajstić information content (AvgIpc) is 3.10. The summed E-state index contributed by atoms with van der Waals surface area (Å²) >= 11 is 6.33. The van der Waals surface area contributed by atoms with E-state index in [2.05, 4.69) is 4.74 Å². The molecular formula is C27H21ClF3NO5. The Balaban J connectivity index is 1.88. The van der Waals surface area contributed by atoms with Crippen LogP contribution in [0.5, 0.6) is 11.5 Å².